The molecule has 2 nitrogen and oxygen atoms in total. The molecule has 0 radical (unpaired) electrons. The van der Waals surface area contributed by atoms with Crippen LogP contribution in [0.25, 0.3) is 0 Å². The van der Waals surface area contributed by atoms with Gasteiger partial charge in [0.05, 0.1) is 6.61 Å². The Bertz CT molecular complexity index is 388. The van der Waals surface area contributed by atoms with Crippen LogP contribution in [0, 0.1) is 5.92 Å². The molecule has 0 spiro atoms. The van der Waals surface area contributed by atoms with Gasteiger partial charge in [0.2, 0.25) is 0 Å². The van der Waals surface area contributed by atoms with Gasteiger partial charge in [-0.15, -0.1) is 0 Å². The molecule has 2 aliphatic heterocycles. The summed E-state index contributed by atoms with van der Waals surface area (Å²) >= 11 is 2.06. The molecule has 17 heavy (non-hydrogen) atoms. The van der Waals surface area contributed by atoms with Crippen LogP contribution in [0.15, 0.2) is 18.2 Å². The van der Waals surface area contributed by atoms with E-state index < -0.39 is 0 Å². The van der Waals surface area contributed by atoms with Crippen LogP contribution in [0.4, 0.5) is 0 Å². The standard InChI is InChI=1S/C14H19NOS/c1-2-12-8-15-6-4-13(12)14(3-1)16-9-11-5-7-17-10-11/h1-3,11,15H,4-10H2. The molecule has 1 fully saturated rings. The molecular formula is C14H19NOS. The van der Waals surface area contributed by atoms with Gasteiger partial charge in [-0.2, -0.15) is 11.8 Å². The van der Waals surface area contributed by atoms with Crippen molar-refractivity contribution in [2.75, 3.05) is 24.7 Å². The highest BCUT2D eigenvalue weighted by atomic mass is 32.2. The number of rotatable bonds is 3. The van der Waals surface area contributed by atoms with Gasteiger partial charge in [0.15, 0.2) is 0 Å². The van der Waals surface area contributed by atoms with Crippen LogP contribution < -0.4 is 10.1 Å². The average molecular weight is 249 g/mol. The van der Waals surface area contributed by atoms with Gasteiger partial charge in [0.1, 0.15) is 5.75 Å². The van der Waals surface area contributed by atoms with E-state index in [0.29, 0.717) is 0 Å². The zero-order chi connectivity index (χ0) is 11.5. The molecule has 1 aromatic rings. The molecule has 3 rings (SSSR count). The predicted molar refractivity (Wildman–Crippen MR) is 72.8 cm³/mol. The molecule has 0 aliphatic carbocycles. The number of fused-ring (bicyclic) bond motifs is 1. The maximum absolute atomic E-state index is 6.05. The molecule has 1 unspecified atom stereocenters. The van der Waals surface area contributed by atoms with Crippen LogP contribution in [0.5, 0.6) is 5.75 Å². The number of benzene rings is 1. The molecule has 0 saturated carbocycles. The van der Waals surface area contributed by atoms with Gasteiger partial charge in [-0.3, -0.25) is 0 Å². The number of thioether (sulfide) groups is 1. The normalized spacial score (nSPS) is 23.4. The lowest BCUT2D eigenvalue weighted by Gasteiger charge is -2.21. The monoisotopic (exact) mass is 249 g/mol. The van der Waals surface area contributed by atoms with E-state index in [9.17, 15) is 0 Å². The van der Waals surface area contributed by atoms with E-state index >= 15 is 0 Å². The smallest absolute Gasteiger partial charge is 0.122 e. The van der Waals surface area contributed by atoms with Crippen molar-refractivity contribution in [3.8, 4) is 5.75 Å². The topological polar surface area (TPSA) is 21.3 Å². The van der Waals surface area contributed by atoms with Crippen molar-refractivity contribution in [2.24, 2.45) is 5.92 Å². The van der Waals surface area contributed by atoms with E-state index in [0.717, 1.165) is 37.8 Å². The quantitative estimate of drug-likeness (QED) is 0.889. The molecule has 2 aliphatic rings. The van der Waals surface area contributed by atoms with Crippen molar-refractivity contribution in [1.29, 1.82) is 0 Å². The highest BCUT2D eigenvalue weighted by molar-refractivity contribution is 7.99. The van der Waals surface area contributed by atoms with Crippen LogP contribution in [0.2, 0.25) is 0 Å². The zero-order valence-electron chi connectivity index (χ0n) is 10.1. The highest BCUT2D eigenvalue weighted by Crippen LogP contribution is 2.28. The van der Waals surface area contributed by atoms with Crippen LogP contribution in [0.1, 0.15) is 17.5 Å². The van der Waals surface area contributed by atoms with Gasteiger partial charge in [-0.05, 0) is 48.1 Å². The molecular weight excluding hydrogens is 230 g/mol. The first-order valence-electron chi connectivity index (χ1n) is 6.45. The molecule has 1 saturated heterocycles. The summed E-state index contributed by atoms with van der Waals surface area (Å²) in [5, 5.41) is 3.41. The average Bonchev–Trinajstić information content (AvgIpc) is 2.89. The fourth-order valence-electron chi connectivity index (χ4n) is 2.55. The Kier molecular flexibility index (Phi) is 3.57. The summed E-state index contributed by atoms with van der Waals surface area (Å²) in [6.45, 7) is 2.97. The van der Waals surface area contributed by atoms with Crippen LogP contribution >= 0.6 is 11.8 Å². The Morgan fingerprint density at radius 2 is 2.41 bits per heavy atom. The van der Waals surface area contributed by atoms with E-state index in [2.05, 4.69) is 35.3 Å². The second kappa shape index (κ2) is 5.32. The molecule has 1 aromatic carbocycles. The zero-order valence-corrected chi connectivity index (χ0v) is 10.9. The minimum atomic E-state index is 0.762. The van der Waals surface area contributed by atoms with Gasteiger partial charge < -0.3 is 10.1 Å². The SMILES string of the molecule is c1cc2c(c(OCC3CCSC3)c1)CCNC2. The molecule has 0 bridgehead atoms. The Labute approximate surface area is 107 Å². The van der Waals surface area contributed by atoms with E-state index in [1.807, 2.05) is 0 Å². The summed E-state index contributed by atoms with van der Waals surface area (Å²) in [6.07, 6.45) is 2.42. The van der Waals surface area contributed by atoms with Gasteiger partial charge in [-0.1, -0.05) is 12.1 Å². The molecule has 0 amide bonds. The first-order valence-corrected chi connectivity index (χ1v) is 7.61. The second-order valence-electron chi connectivity index (χ2n) is 4.86. The predicted octanol–water partition coefficient (Wildman–Crippen LogP) is 2.46. The van der Waals surface area contributed by atoms with Gasteiger partial charge in [0.25, 0.3) is 0 Å². The third-order valence-corrected chi connectivity index (χ3v) is 4.83. The lowest BCUT2D eigenvalue weighted by Crippen LogP contribution is -2.24. The van der Waals surface area contributed by atoms with Crippen LogP contribution in [-0.4, -0.2) is 24.7 Å². The Morgan fingerprint density at radius 1 is 1.41 bits per heavy atom. The lowest BCUT2D eigenvalue weighted by atomic mass is 10.00. The molecule has 1 atom stereocenters. The molecule has 2 heterocycles. The fourth-order valence-corrected chi connectivity index (χ4v) is 3.82. The fraction of sp³-hybridized carbons (Fsp3) is 0.571. The van der Waals surface area contributed by atoms with Gasteiger partial charge in [0, 0.05) is 12.5 Å². The van der Waals surface area contributed by atoms with Crippen molar-refractivity contribution >= 4 is 11.8 Å². The van der Waals surface area contributed by atoms with E-state index in [4.69, 9.17) is 4.74 Å². The summed E-state index contributed by atoms with van der Waals surface area (Å²) in [7, 11) is 0. The maximum atomic E-state index is 6.05. The van der Waals surface area contributed by atoms with E-state index in [1.165, 1.54) is 29.1 Å². The van der Waals surface area contributed by atoms with Crippen LogP contribution in [0.3, 0.4) is 0 Å². The van der Waals surface area contributed by atoms with Crippen molar-refractivity contribution in [1.82, 2.24) is 5.32 Å². The summed E-state index contributed by atoms with van der Waals surface area (Å²) in [5.74, 6) is 4.47. The molecule has 1 N–H and O–H groups in total. The number of nitrogens with one attached hydrogen (secondary N) is 1. The summed E-state index contributed by atoms with van der Waals surface area (Å²) < 4.78 is 6.05. The summed E-state index contributed by atoms with van der Waals surface area (Å²) in [4.78, 5) is 0. The number of ether oxygens (including phenoxy) is 1. The maximum Gasteiger partial charge on any atom is 0.122 e. The Hall–Kier alpha value is -0.670. The third-order valence-electron chi connectivity index (χ3n) is 3.60. The molecule has 92 valence electrons. The second-order valence-corrected chi connectivity index (χ2v) is 6.01. The summed E-state index contributed by atoms with van der Waals surface area (Å²) in [6, 6.07) is 6.45. The third kappa shape index (κ3) is 2.61. The first-order chi connectivity index (χ1) is 8.43. The number of hydrogen-bond acceptors (Lipinski definition) is 3. The molecule has 3 heteroatoms. The largest absolute Gasteiger partial charge is 0.493 e. The van der Waals surface area contributed by atoms with E-state index in [-0.39, 0.29) is 0 Å². The molecule has 0 aromatic heterocycles. The van der Waals surface area contributed by atoms with Crippen molar-refractivity contribution in [3.63, 3.8) is 0 Å². The summed E-state index contributed by atoms with van der Waals surface area (Å²) in [5.41, 5.74) is 2.84. The minimum absolute atomic E-state index is 0.762. The van der Waals surface area contributed by atoms with Gasteiger partial charge in [-0.25, -0.2) is 0 Å². The lowest BCUT2D eigenvalue weighted by molar-refractivity contribution is 0.260. The van der Waals surface area contributed by atoms with Crippen LogP contribution in [-0.2, 0) is 13.0 Å². The minimum Gasteiger partial charge on any atom is -0.493 e. The van der Waals surface area contributed by atoms with Gasteiger partial charge >= 0.3 is 0 Å². The Morgan fingerprint density at radius 3 is 3.29 bits per heavy atom. The van der Waals surface area contributed by atoms with Crippen molar-refractivity contribution < 1.29 is 4.74 Å². The first kappa shape index (κ1) is 11.4. The van der Waals surface area contributed by atoms with E-state index in [1.54, 1.807) is 0 Å². The van der Waals surface area contributed by atoms with Crippen molar-refractivity contribution in [2.45, 2.75) is 19.4 Å². The highest BCUT2D eigenvalue weighted by Gasteiger charge is 2.18. The number of hydrogen-bond donors (Lipinski definition) is 1. The Balaban J connectivity index is 1.69. The van der Waals surface area contributed by atoms with Crippen molar-refractivity contribution in [3.05, 3.63) is 29.3 Å².